The minimum atomic E-state index is -4.39. The van der Waals surface area contributed by atoms with Gasteiger partial charge in [-0.15, -0.1) is 0 Å². The van der Waals surface area contributed by atoms with Gasteiger partial charge in [-0.05, 0) is 35.9 Å². The molecule has 7 heteroatoms. The number of hydrogen-bond donors (Lipinski definition) is 1. The maximum atomic E-state index is 12.4. The minimum Gasteiger partial charge on any atom is -0.457 e. The van der Waals surface area contributed by atoms with Gasteiger partial charge in [-0.1, -0.05) is 23.7 Å². The normalized spacial score (nSPS) is 11.3. The molecule has 0 saturated carbocycles. The molecule has 0 aliphatic heterocycles. The van der Waals surface area contributed by atoms with E-state index in [1.807, 2.05) is 0 Å². The molecule has 116 valence electrons. The second-order valence-corrected chi connectivity index (χ2v) is 4.91. The van der Waals surface area contributed by atoms with Crippen LogP contribution >= 0.6 is 11.6 Å². The first-order valence-electron chi connectivity index (χ1n) is 6.15. The van der Waals surface area contributed by atoms with E-state index in [-0.39, 0.29) is 17.9 Å². The molecule has 0 aliphatic carbocycles. The number of carbonyl (C=O) groups excluding carboxylic acids is 1. The number of alkyl halides is 3. The first-order chi connectivity index (χ1) is 10.3. The SMILES string of the molecule is Nc1cc(C(=O)OCc2ccc(C(F)(F)F)cc2)ccc1Cl. The van der Waals surface area contributed by atoms with Crippen molar-refractivity contribution in [2.24, 2.45) is 0 Å². The number of hydrogen-bond acceptors (Lipinski definition) is 3. The molecule has 0 aromatic heterocycles. The third-order valence-corrected chi connectivity index (χ3v) is 3.23. The Labute approximate surface area is 129 Å². The van der Waals surface area contributed by atoms with E-state index in [1.54, 1.807) is 0 Å². The van der Waals surface area contributed by atoms with Crippen molar-refractivity contribution in [3.8, 4) is 0 Å². The van der Waals surface area contributed by atoms with Crippen molar-refractivity contribution in [3.63, 3.8) is 0 Å². The Bertz CT molecular complexity index is 684. The van der Waals surface area contributed by atoms with Gasteiger partial charge in [0.15, 0.2) is 0 Å². The van der Waals surface area contributed by atoms with Crippen molar-refractivity contribution in [2.75, 3.05) is 5.73 Å². The Morgan fingerprint density at radius 1 is 1.14 bits per heavy atom. The van der Waals surface area contributed by atoms with Crippen LogP contribution in [0.3, 0.4) is 0 Å². The summed E-state index contributed by atoms with van der Waals surface area (Å²) in [5.74, 6) is -0.636. The predicted molar refractivity (Wildman–Crippen MR) is 76.4 cm³/mol. The zero-order valence-corrected chi connectivity index (χ0v) is 11.9. The number of esters is 1. The van der Waals surface area contributed by atoms with Crippen LogP contribution in [0, 0.1) is 0 Å². The van der Waals surface area contributed by atoms with Crippen molar-refractivity contribution in [1.29, 1.82) is 0 Å². The van der Waals surface area contributed by atoms with E-state index in [4.69, 9.17) is 22.1 Å². The fourth-order valence-electron chi connectivity index (χ4n) is 1.69. The van der Waals surface area contributed by atoms with Crippen LogP contribution in [0.1, 0.15) is 21.5 Å². The Balaban J connectivity index is 2.00. The van der Waals surface area contributed by atoms with Crippen molar-refractivity contribution in [3.05, 3.63) is 64.2 Å². The summed E-state index contributed by atoms with van der Waals surface area (Å²) in [5.41, 5.74) is 5.73. The monoisotopic (exact) mass is 329 g/mol. The Morgan fingerprint density at radius 3 is 2.32 bits per heavy atom. The molecule has 0 bridgehead atoms. The van der Waals surface area contributed by atoms with Crippen molar-refractivity contribution >= 4 is 23.3 Å². The molecule has 22 heavy (non-hydrogen) atoms. The number of nitrogens with two attached hydrogens (primary N) is 1. The van der Waals surface area contributed by atoms with Crippen LogP contribution < -0.4 is 5.73 Å². The number of carbonyl (C=O) groups is 1. The van der Waals surface area contributed by atoms with Crippen molar-refractivity contribution in [1.82, 2.24) is 0 Å². The van der Waals surface area contributed by atoms with Crippen LogP contribution in [0.4, 0.5) is 18.9 Å². The third-order valence-electron chi connectivity index (χ3n) is 2.88. The molecule has 0 amide bonds. The van der Waals surface area contributed by atoms with Gasteiger partial charge in [0.2, 0.25) is 0 Å². The summed E-state index contributed by atoms with van der Waals surface area (Å²) in [5, 5.41) is 0.319. The van der Waals surface area contributed by atoms with Gasteiger partial charge in [0.25, 0.3) is 0 Å². The molecule has 0 heterocycles. The third kappa shape index (κ3) is 3.92. The average molecular weight is 330 g/mol. The highest BCUT2D eigenvalue weighted by atomic mass is 35.5. The average Bonchev–Trinajstić information content (AvgIpc) is 2.47. The number of rotatable bonds is 3. The molecule has 0 spiro atoms. The molecule has 0 fully saturated rings. The molecule has 0 aliphatic rings. The predicted octanol–water partition coefficient (Wildman–Crippen LogP) is 4.30. The van der Waals surface area contributed by atoms with Crippen LogP contribution in [0.25, 0.3) is 0 Å². The molecule has 0 radical (unpaired) electrons. The first kappa shape index (κ1) is 16.2. The number of ether oxygens (including phenoxy) is 1. The fourth-order valence-corrected chi connectivity index (χ4v) is 1.81. The number of halogens is 4. The second-order valence-electron chi connectivity index (χ2n) is 4.51. The first-order valence-corrected chi connectivity index (χ1v) is 6.53. The van der Waals surface area contributed by atoms with Crippen LogP contribution in [0.2, 0.25) is 5.02 Å². The lowest BCUT2D eigenvalue weighted by molar-refractivity contribution is -0.137. The second kappa shape index (κ2) is 6.27. The van der Waals surface area contributed by atoms with Gasteiger partial charge in [0.05, 0.1) is 21.8 Å². The van der Waals surface area contributed by atoms with Crippen LogP contribution in [-0.4, -0.2) is 5.97 Å². The highest BCUT2D eigenvalue weighted by molar-refractivity contribution is 6.33. The van der Waals surface area contributed by atoms with E-state index in [0.29, 0.717) is 10.6 Å². The summed E-state index contributed by atoms with van der Waals surface area (Å²) in [4.78, 5) is 11.8. The van der Waals surface area contributed by atoms with Gasteiger partial charge < -0.3 is 10.5 Å². The van der Waals surface area contributed by atoms with Crippen molar-refractivity contribution < 1.29 is 22.7 Å². The van der Waals surface area contributed by atoms with E-state index >= 15 is 0 Å². The summed E-state index contributed by atoms with van der Waals surface area (Å²) in [6.45, 7) is -0.139. The quantitative estimate of drug-likeness (QED) is 0.675. The van der Waals surface area contributed by atoms with Crippen LogP contribution in [-0.2, 0) is 17.5 Å². The summed E-state index contributed by atoms with van der Waals surface area (Å²) < 4.78 is 42.3. The molecular weight excluding hydrogens is 319 g/mol. The molecule has 3 nitrogen and oxygen atoms in total. The summed E-state index contributed by atoms with van der Waals surface area (Å²) >= 11 is 5.74. The Hall–Kier alpha value is -2.21. The zero-order valence-electron chi connectivity index (χ0n) is 11.2. The highest BCUT2D eigenvalue weighted by Crippen LogP contribution is 2.29. The van der Waals surface area contributed by atoms with Gasteiger partial charge in [0.1, 0.15) is 6.61 Å². The van der Waals surface area contributed by atoms with Gasteiger partial charge in [-0.3, -0.25) is 0 Å². The van der Waals surface area contributed by atoms with E-state index in [1.165, 1.54) is 30.3 Å². The molecule has 0 atom stereocenters. The molecule has 2 aromatic carbocycles. The fraction of sp³-hybridized carbons (Fsp3) is 0.133. The van der Waals surface area contributed by atoms with Gasteiger partial charge in [-0.2, -0.15) is 13.2 Å². The van der Waals surface area contributed by atoms with E-state index in [0.717, 1.165) is 12.1 Å². The van der Waals surface area contributed by atoms with Crippen molar-refractivity contribution in [2.45, 2.75) is 12.8 Å². The van der Waals surface area contributed by atoms with Crippen LogP contribution in [0.5, 0.6) is 0 Å². The van der Waals surface area contributed by atoms with Gasteiger partial charge in [0, 0.05) is 0 Å². The lowest BCUT2D eigenvalue weighted by Gasteiger charge is -2.09. The van der Waals surface area contributed by atoms with Gasteiger partial charge >= 0.3 is 12.1 Å². The maximum Gasteiger partial charge on any atom is 0.416 e. The maximum absolute atomic E-state index is 12.4. The molecular formula is C15H11ClF3NO2. The Morgan fingerprint density at radius 2 is 1.77 bits per heavy atom. The molecule has 2 N–H and O–H groups in total. The highest BCUT2D eigenvalue weighted by Gasteiger charge is 2.29. The summed E-state index contributed by atoms with van der Waals surface area (Å²) in [6, 6.07) is 8.67. The molecule has 0 unspecified atom stereocenters. The number of anilines is 1. The summed E-state index contributed by atoms with van der Waals surface area (Å²) in [6.07, 6.45) is -4.39. The van der Waals surface area contributed by atoms with E-state index in [2.05, 4.69) is 0 Å². The molecule has 2 rings (SSSR count). The zero-order chi connectivity index (χ0) is 16.3. The largest absolute Gasteiger partial charge is 0.457 e. The topological polar surface area (TPSA) is 52.3 Å². The van der Waals surface area contributed by atoms with Gasteiger partial charge in [-0.25, -0.2) is 4.79 Å². The summed E-state index contributed by atoms with van der Waals surface area (Å²) in [7, 11) is 0. The Kier molecular flexibility index (Phi) is 4.61. The number of nitrogen functional groups attached to an aromatic ring is 1. The molecule has 2 aromatic rings. The van der Waals surface area contributed by atoms with E-state index < -0.39 is 17.7 Å². The molecule has 0 saturated heterocycles. The minimum absolute atomic E-state index is 0.139. The standard InChI is InChI=1S/C15H11ClF3NO2/c16-12-6-3-10(7-13(12)20)14(21)22-8-9-1-4-11(5-2-9)15(17,18)19/h1-7H,8,20H2. The van der Waals surface area contributed by atoms with E-state index in [9.17, 15) is 18.0 Å². The number of benzene rings is 2. The lowest BCUT2D eigenvalue weighted by atomic mass is 10.1. The lowest BCUT2D eigenvalue weighted by Crippen LogP contribution is -2.07. The van der Waals surface area contributed by atoms with Crippen LogP contribution in [0.15, 0.2) is 42.5 Å². The smallest absolute Gasteiger partial charge is 0.416 e.